The lowest BCUT2D eigenvalue weighted by atomic mass is 9.77. The lowest BCUT2D eigenvalue weighted by Gasteiger charge is -2.37. The van der Waals surface area contributed by atoms with Crippen LogP contribution in [0.25, 0.3) is 10.4 Å². The van der Waals surface area contributed by atoms with Crippen molar-refractivity contribution in [2.75, 3.05) is 17.1 Å². The molecule has 4 rings (SSSR count). The number of thiazole rings is 1. The van der Waals surface area contributed by atoms with E-state index in [4.69, 9.17) is 9.72 Å². The van der Waals surface area contributed by atoms with Crippen LogP contribution < -0.4 is 14.8 Å². The number of aromatic nitrogens is 1. The Bertz CT molecular complexity index is 1290. The Labute approximate surface area is 213 Å². The summed E-state index contributed by atoms with van der Waals surface area (Å²) in [6, 6.07) is 12.6. The minimum Gasteiger partial charge on any atom is -0.495 e. The average Bonchev–Trinajstić information content (AvgIpc) is 3.19. The van der Waals surface area contributed by atoms with E-state index in [2.05, 4.69) is 23.9 Å². The minimum atomic E-state index is -3.86. The fourth-order valence-electron chi connectivity index (χ4n) is 4.83. The van der Waals surface area contributed by atoms with Gasteiger partial charge in [0, 0.05) is 5.54 Å². The van der Waals surface area contributed by atoms with Gasteiger partial charge in [0.15, 0.2) is 5.13 Å². The van der Waals surface area contributed by atoms with Gasteiger partial charge in [-0.1, -0.05) is 48.8 Å². The topological polar surface area (TPSA) is 80.3 Å². The molecular weight excluding hydrogens is 478 g/mol. The summed E-state index contributed by atoms with van der Waals surface area (Å²) >= 11 is 1.56. The summed E-state index contributed by atoms with van der Waals surface area (Å²) in [7, 11) is -2.38. The summed E-state index contributed by atoms with van der Waals surface area (Å²) in [4.78, 5) is 5.84. The molecule has 2 aromatic carbocycles. The highest BCUT2D eigenvalue weighted by atomic mass is 32.2. The zero-order valence-electron chi connectivity index (χ0n) is 21.1. The molecule has 6 nitrogen and oxygen atoms in total. The molecule has 0 bridgehead atoms. The Hall–Kier alpha value is -2.58. The molecule has 0 saturated heterocycles. The summed E-state index contributed by atoms with van der Waals surface area (Å²) in [6.07, 6.45) is 6.39. The Balaban J connectivity index is 1.64. The van der Waals surface area contributed by atoms with E-state index >= 15 is 0 Å². The lowest BCUT2D eigenvalue weighted by Crippen LogP contribution is -2.40. The van der Waals surface area contributed by atoms with E-state index in [0.717, 1.165) is 26.8 Å². The number of para-hydroxylation sites is 1. The maximum atomic E-state index is 13.4. The normalized spacial score (nSPS) is 15.1. The number of aryl methyl sites for hydroxylation is 2. The van der Waals surface area contributed by atoms with E-state index in [9.17, 15) is 8.42 Å². The molecule has 0 radical (unpaired) electrons. The number of hydrogen-bond donors (Lipinski definition) is 2. The van der Waals surface area contributed by atoms with Gasteiger partial charge in [-0.15, -0.1) is 0 Å². The lowest BCUT2D eigenvalue weighted by molar-refractivity contribution is 0.258. The highest BCUT2D eigenvalue weighted by Crippen LogP contribution is 2.40. The molecule has 0 unspecified atom stereocenters. The predicted octanol–water partition coefficient (Wildman–Crippen LogP) is 7.01. The summed E-state index contributed by atoms with van der Waals surface area (Å²) in [5.41, 5.74) is 3.02. The average molecular weight is 514 g/mol. The molecular formula is C27H35N3O3S2. The molecule has 1 aromatic heterocycles. The Morgan fingerprint density at radius 2 is 1.77 bits per heavy atom. The highest BCUT2D eigenvalue weighted by Gasteiger charge is 2.31. The number of benzene rings is 2. The molecule has 0 spiro atoms. The van der Waals surface area contributed by atoms with Crippen molar-refractivity contribution in [3.05, 3.63) is 53.7 Å². The smallest absolute Gasteiger partial charge is 0.265 e. The third kappa shape index (κ3) is 5.64. The Morgan fingerprint density at radius 1 is 1.06 bits per heavy atom. The first kappa shape index (κ1) is 25.5. The van der Waals surface area contributed by atoms with E-state index in [-0.39, 0.29) is 10.4 Å². The fourth-order valence-corrected chi connectivity index (χ4v) is 7.29. The number of nitrogens with zero attached hydrogens (tertiary/aromatic N) is 1. The van der Waals surface area contributed by atoms with Gasteiger partial charge in [0.1, 0.15) is 10.6 Å². The number of ether oxygens (including phenoxy) is 1. The van der Waals surface area contributed by atoms with Crippen LogP contribution in [-0.2, 0) is 10.0 Å². The maximum Gasteiger partial charge on any atom is 0.265 e. The molecule has 2 N–H and O–H groups in total. The van der Waals surface area contributed by atoms with Gasteiger partial charge in [-0.05, 0) is 81.8 Å². The second-order valence-electron chi connectivity index (χ2n) is 9.90. The number of sulfonamides is 1. The SMILES string of the molecule is COc1ccc(-c2sc(NC(C)(C)C3CCCCC3)nc2C)cc1S(=O)(=O)Nc1ccccc1C. The van der Waals surface area contributed by atoms with Crippen molar-refractivity contribution in [3.63, 3.8) is 0 Å². The minimum absolute atomic E-state index is 0.0478. The van der Waals surface area contributed by atoms with E-state index in [1.807, 2.05) is 38.1 Å². The molecule has 1 aliphatic carbocycles. The summed E-state index contributed by atoms with van der Waals surface area (Å²) < 4.78 is 34.8. The molecule has 1 heterocycles. The van der Waals surface area contributed by atoms with Crippen molar-refractivity contribution >= 4 is 32.2 Å². The standard InChI is InChI=1S/C27H35N3O3S2/c1-18-11-9-10-14-22(18)30-35(31,32)24-17-20(15-16-23(24)33-5)25-19(2)28-26(34-25)29-27(3,4)21-12-7-6-8-13-21/h9-11,14-17,21,30H,6-8,12-13H2,1-5H3,(H,28,29). The van der Waals surface area contributed by atoms with Gasteiger partial charge < -0.3 is 10.1 Å². The van der Waals surface area contributed by atoms with Crippen LogP contribution in [0.5, 0.6) is 5.75 Å². The van der Waals surface area contributed by atoms with Crippen LogP contribution >= 0.6 is 11.3 Å². The quantitative estimate of drug-likeness (QED) is 0.339. The molecule has 0 atom stereocenters. The largest absolute Gasteiger partial charge is 0.495 e. The summed E-state index contributed by atoms with van der Waals surface area (Å²) in [5.74, 6) is 0.919. The van der Waals surface area contributed by atoms with Crippen LogP contribution in [0.2, 0.25) is 0 Å². The van der Waals surface area contributed by atoms with Crippen molar-refractivity contribution in [3.8, 4) is 16.2 Å². The first-order chi connectivity index (χ1) is 16.6. The van der Waals surface area contributed by atoms with Gasteiger partial charge in [-0.3, -0.25) is 4.72 Å². The molecule has 1 aliphatic rings. The van der Waals surface area contributed by atoms with Crippen molar-refractivity contribution in [1.82, 2.24) is 4.98 Å². The number of anilines is 2. The second kappa shape index (κ2) is 10.2. The van der Waals surface area contributed by atoms with E-state index in [1.54, 1.807) is 29.5 Å². The van der Waals surface area contributed by atoms with E-state index < -0.39 is 10.0 Å². The maximum absolute atomic E-state index is 13.4. The second-order valence-corrected chi connectivity index (χ2v) is 12.6. The molecule has 1 saturated carbocycles. The number of nitrogens with one attached hydrogen (secondary N) is 2. The van der Waals surface area contributed by atoms with Gasteiger partial charge in [0.05, 0.1) is 23.4 Å². The van der Waals surface area contributed by atoms with Gasteiger partial charge in [0.2, 0.25) is 0 Å². The number of rotatable bonds is 8. The molecule has 188 valence electrons. The zero-order chi connectivity index (χ0) is 25.2. The van der Waals surface area contributed by atoms with Crippen molar-refractivity contribution in [2.45, 2.75) is 70.2 Å². The number of methoxy groups -OCH3 is 1. The molecule has 35 heavy (non-hydrogen) atoms. The van der Waals surface area contributed by atoms with Crippen LogP contribution in [0, 0.1) is 19.8 Å². The van der Waals surface area contributed by atoms with Gasteiger partial charge in [0.25, 0.3) is 10.0 Å². The predicted molar refractivity (Wildman–Crippen MR) is 145 cm³/mol. The summed E-state index contributed by atoms with van der Waals surface area (Å²) in [5, 5.41) is 4.54. The monoisotopic (exact) mass is 513 g/mol. The number of hydrogen-bond acceptors (Lipinski definition) is 6. The molecule has 0 amide bonds. The Kier molecular flexibility index (Phi) is 7.43. The van der Waals surface area contributed by atoms with Crippen LogP contribution in [0.1, 0.15) is 57.2 Å². The molecule has 0 aliphatic heterocycles. The highest BCUT2D eigenvalue weighted by molar-refractivity contribution is 7.92. The zero-order valence-corrected chi connectivity index (χ0v) is 22.8. The Morgan fingerprint density at radius 3 is 2.46 bits per heavy atom. The van der Waals surface area contributed by atoms with Gasteiger partial charge >= 0.3 is 0 Å². The first-order valence-corrected chi connectivity index (χ1v) is 14.4. The molecule has 1 fully saturated rings. The van der Waals surface area contributed by atoms with Crippen molar-refractivity contribution in [2.24, 2.45) is 5.92 Å². The first-order valence-electron chi connectivity index (χ1n) is 12.1. The van der Waals surface area contributed by atoms with Crippen LogP contribution in [0.3, 0.4) is 0 Å². The van der Waals surface area contributed by atoms with Crippen LogP contribution in [0.4, 0.5) is 10.8 Å². The summed E-state index contributed by atoms with van der Waals surface area (Å²) in [6.45, 7) is 8.35. The van der Waals surface area contributed by atoms with E-state index in [1.165, 1.54) is 39.2 Å². The van der Waals surface area contributed by atoms with Crippen LogP contribution in [0.15, 0.2) is 47.4 Å². The van der Waals surface area contributed by atoms with Gasteiger partial charge in [-0.2, -0.15) is 0 Å². The van der Waals surface area contributed by atoms with Crippen molar-refractivity contribution in [1.29, 1.82) is 0 Å². The fraction of sp³-hybridized carbons (Fsp3) is 0.444. The molecule has 3 aromatic rings. The molecule has 8 heteroatoms. The van der Waals surface area contributed by atoms with E-state index in [0.29, 0.717) is 17.4 Å². The van der Waals surface area contributed by atoms with Crippen molar-refractivity contribution < 1.29 is 13.2 Å². The van der Waals surface area contributed by atoms with Crippen LogP contribution in [-0.4, -0.2) is 26.1 Å². The van der Waals surface area contributed by atoms with Gasteiger partial charge in [-0.25, -0.2) is 13.4 Å². The third-order valence-electron chi connectivity index (χ3n) is 6.96. The third-order valence-corrected chi connectivity index (χ3v) is 9.46.